The number of amides is 1. The second-order valence-electron chi connectivity index (χ2n) is 8.82. The third kappa shape index (κ3) is 5.14. The molecule has 0 radical (unpaired) electrons. The molecule has 0 aliphatic heterocycles. The number of benzene rings is 3. The third-order valence-electron chi connectivity index (χ3n) is 6.44. The van der Waals surface area contributed by atoms with Crippen molar-refractivity contribution in [2.75, 3.05) is 29.9 Å². The summed E-state index contributed by atoms with van der Waals surface area (Å²) in [6.45, 7) is 14.2. The molecular formula is C28H33N5O2. The van der Waals surface area contributed by atoms with E-state index in [1.54, 1.807) is 4.80 Å². The number of nitrogens with zero attached hydrogens (tertiary/aromatic N) is 4. The average molecular weight is 472 g/mol. The predicted octanol–water partition coefficient (Wildman–Crippen LogP) is 5.52. The van der Waals surface area contributed by atoms with Crippen molar-refractivity contribution in [2.24, 2.45) is 0 Å². The van der Waals surface area contributed by atoms with Gasteiger partial charge in [-0.3, -0.25) is 4.79 Å². The maximum atomic E-state index is 12.6. The third-order valence-corrected chi connectivity index (χ3v) is 6.44. The Labute approximate surface area is 206 Å². The number of anilines is 2. The Balaban J connectivity index is 1.52. The quantitative estimate of drug-likeness (QED) is 0.366. The topological polar surface area (TPSA) is 72.3 Å². The first-order valence-corrected chi connectivity index (χ1v) is 12.0. The molecule has 4 aromatic rings. The van der Waals surface area contributed by atoms with E-state index in [2.05, 4.69) is 54.3 Å². The van der Waals surface area contributed by atoms with Crippen molar-refractivity contribution in [3.63, 3.8) is 0 Å². The fraction of sp³-hybridized carbons (Fsp3) is 0.321. The molecule has 0 fully saturated rings. The number of carbonyl (C=O) groups is 1. The summed E-state index contributed by atoms with van der Waals surface area (Å²) in [5.74, 6) is 0.501. The lowest BCUT2D eigenvalue weighted by Crippen LogP contribution is -2.21. The highest BCUT2D eigenvalue weighted by Crippen LogP contribution is 2.25. The largest absolute Gasteiger partial charge is 0.483 e. The summed E-state index contributed by atoms with van der Waals surface area (Å²) < 4.78 is 5.75. The fourth-order valence-electron chi connectivity index (χ4n) is 4.17. The molecule has 0 saturated carbocycles. The number of rotatable bonds is 8. The molecule has 7 heteroatoms. The lowest BCUT2D eigenvalue weighted by atomic mass is 10.1. The van der Waals surface area contributed by atoms with Gasteiger partial charge < -0.3 is 15.0 Å². The number of nitrogens with one attached hydrogen (secondary N) is 1. The van der Waals surface area contributed by atoms with E-state index in [0.29, 0.717) is 11.2 Å². The number of aryl methyl sites for hydroxylation is 3. The van der Waals surface area contributed by atoms with Gasteiger partial charge in [0.1, 0.15) is 16.8 Å². The zero-order valence-electron chi connectivity index (χ0n) is 21.3. The minimum absolute atomic E-state index is 0.0630. The summed E-state index contributed by atoms with van der Waals surface area (Å²) >= 11 is 0. The monoisotopic (exact) mass is 471 g/mol. The van der Waals surface area contributed by atoms with Crippen LogP contribution in [-0.2, 0) is 4.79 Å². The van der Waals surface area contributed by atoms with Gasteiger partial charge in [-0.25, -0.2) is 0 Å². The van der Waals surface area contributed by atoms with E-state index in [1.165, 1.54) is 5.69 Å². The van der Waals surface area contributed by atoms with Crippen LogP contribution in [0.3, 0.4) is 0 Å². The van der Waals surface area contributed by atoms with Gasteiger partial charge in [0.2, 0.25) is 0 Å². The van der Waals surface area contributed by atoms with E-state index in [0.717, 1.165) is 52.3 Å². The number of fused-ring (bicyclic) bond motifs is 1. The molecule has 1 amide bonds. The van der Waals surface area contributed by atoms with Crippen LogP contribution in [0.2, 0.25) is 0 Å². The molecule has 3 aromatic carbocycles. The molecule has 35 heavy (non-hydrogen) atoms. The summed E-state index contributed by atoms with van der Waals surface area (Å²) in [7, 11) is 0. The van der Waals surface area contributed by atoms with Crippen LogP contribution < -0.4 is 15.0 Å². The zero-order chi connectivity index (χ0) is 25.1. The van der Waals surface area contributed by atoms with Crippen LogP contribution in [0, 0.1) is 27.7 Å². The van der Waals surface area contributed by atoms with Crippen LogP contribution >= 0.6 is 0 Å². The summed E-state index contributed by atoms with van der Waals surface area (Å²) in [5, 5.41) is 12.3. The van der Waals surface area contributed by atoms with Gasteiger partial charge in [0.25, 0.3) is 5.91 Å². The molecule has 0 aliphatic carbocycles. The molecule has 1 aromatic heterocycles. The van der Waals surface area contributed by atoms with Crippen LogP contribution in [0.1, 0.15) is 36.1 Å². The van der Waals surface area contributed by atoms with Gasteiger partial charge in [-0.05, 0) is 100 Å². The van der Waals surface area contributed by atoms with Crippen molar-refractivity contribution in [1.82, 2.24) is 15.0 Å². The molecule has 7 nitrogen and oxygen atoms in total. The summed E-state index contributed by atoms with van der Waals surface area (Å²) in [6, 6.07) is 16.0. The van der Waals surface area contributed by atoms with E-state index in [4.69, 9.17) is 9.84 Å². The smallest absolute Gasteiger partial charge is 0.262 e. The van der Waals surface area contributed by atoms with Crippen molar-refractivity contribution in [1.29, 1.82) is 0 Å². The van der Waals surface area contributed by atoms with Crippen LogP contribution in [0.5, 0.6) is 5.75 Å². The Morgan fingerprint density at radius 1 is 0.914 bits per heavy atom. The number of hydrogen-bond acceptors (Lipinski definition) is 5. The van der Waals surface area contributed by atoms with Crippen molar-refractivity contribution in [3.05, 3.63) is 70.8 Å². The second kappa shape index (κ2) is 10.2. The van der Waals surface area contributed by atoms with E-state index in [9.17, 15) is 4.79 Å². The number of ether oxygens (including phenoxy) is 1. The normalized spacial score (nSPS) is 11.0. The summed E-state index contributed by atoms with van der Waals surface area (Å²) in [4.78, 5) is 16.6. The lowest BCUT2D eigenvalue weighted by Gasteiger charge is -2.22. The van der Waals surface area contributed by atoms with E-state index in [-0.39, 0.29) is 12.5 Å². The highest BCUT2D eigenvalue weighted by molar-refractivity contribution is 5.95. The van der Waals surface area contributed by atoms with Crippen molar-refractivity contribution in [3.8, 4) is 11.4 Å². The number of hydrogen-bond donors (Lipinski definition) is 1. The van der Waals surface area contributed by atoms with E-state index >= 15 is 0 Å². The molecule has 0 atom stereocenters. The second-order valence-corrected chi connectivity index (χ2v) is 8.82. The standard InChI is InChI=1S/C28H33N5O2/c1-7-32(8-2)22-12-13-26(20(5)14-22)33-30-24-15-19(4)23(16-25(24)31-33)29-28(34)17-35-27-11-9-10-18(3)21(27)6/h9-16H,7-8,17H2,1-6H3,(H,29,34). The first-order valence-electron chi connectivity index (χ1n) is 12.0. The van der Waals surface area contributed by atoms with Crippen LogP contribution in [0.4, 0.5) is 11.4 Å². The van der Waals surface area contributed by atoms with Gasteiger partial charge >= 0.3 is 0 Å². The van der Waals surface area contributed by atoms with Crippen molar-refractivity contribution in [2.45, 2.75) is 41.5 Å². The molecule has 0 bridgehead atoms. The molecule has 1 N–H and O–H groups in total. The van der Waals surface area contributed by atoms with Crippen molar-refractivity contribution >= 4 is 28.3 Å². The first kappa shape index (κ1) is 24.3. The van der Waals surface area contributed by atoms with Crippen LogP contribution in [0.25, 0.3) is 16.7 Å². The van der Waals surface area contributed by atoms with Gasteiger partial charge in [-0.1, -0.05) is 12.1 Å². The Hall–Kier alpha value is -3.87. The Morgan fingerprint density at radius 3 is 2.31 bits per heavy atom. The molecule has 4 rings (SSSR count). The molecule has 182 valence electrons. The highest BCUT2D eigenvalue weighted by atomic mass is 16.5. The number of aromatic nitrogens is 3. The SMILES string of the molecule is CCN(CC)c1ccc(-n2nc3cc(C)c(NC(=O)COc4cccc(C)c4C)cc3n2)c(C)c1. The van der Waals surface area contributed by atoms with Gasteiger partial charge in [0, 0.05) is 24.5 Å². The summed E-state index contributed by atoms with van der Waals surface area (Å²) in [5.41, 5.74) is 8.50. The van der Waals surface area contributed by atoms with Gasteiger partial charge in [-0.15, -0.1) is 10.2 Å². The molecule has 0 aliphatic rings. The van der Waals surface area contributed by atoms with E-state index in [1.807, 2.05) is 51.1 Å². The van der Waals surface area contributed by atoms with Gasteiger partial charge in [-0.2, -0.15) is 4.80 Å². The minimum Gasteiger partial charge on any atom is -0.483 e. The minimum atomic E-state index is -0.219. The average Bonchev–Trinajstić information content (AvgIpc) is 3.23. The fourth-order valence-corrected chi connectivity index (χ4v) is 4.17. The maximum absolute atomic E-state index is 12.6. The molecule has 0 unspecified atom stereocenters. The number of carbonyl (C=O) groups excluding carboxylic acids is 1. The molecule has 1 heterocycles. The maximum Gasteiger partial charge on any atom is 0.262 e. The Kier molecular flexibility index (Phi) is 7.05. The predicted molar refractivity (Wildman–Crippen MR) is 142 cm³/mol. The summed E-state index contributed by atoms with van der Waals surface area (Å²) in [6.07, 6.45) is 0. The molecular weight excluding hydrogens is 438 g/mol. The zero-order valence-corrected chi connectivity index (χ0v) is 21.3. The van der Waals surface area contributed by atoms with Crippen LogP contribution in [-0.4, -0.2) is 40.6 Å². The van der Waals surface area contributed by atoms with Gasteiger partial charge in [0.15, 0.2) is 6.61 Å². The Bertz CT molecular complexity index is 1370. The van der Waals surface area contributed by atoms with Gasteiger partial charge in [0.05, 0.1) is 5.69 Å². The van der Waals surface area contributed by atoms with Crippen LogP contribution in [0.15, 0.2) is 48.5 Å². The highest BCUT2D eigenvalue weighted by Gasteiger charge is 2.13. The Morgan fingerprint density at radius 2 is 1.63 bits per heavy atom. The molecule has 0 spiro atoms. The first-order chi connectivity index (χ1) is 16.8. The van der Waals surface area contributed by atoms with E-state index < -0.39 is 0 Å². The lowest BCUT2D eigenvalue weighted by molar-refractivity contribution is -0.118. The van der Waals surface area contributed by atoms with Crippen molar-refractivity contribution < 1.29 is 9.53 Å². The molecule has 0 saturated heterocycles.